The van der Waals surface area contributed by atoms with Crippen LogP contribution in [0.25, 0.3) is 0 Å². The van der Waals surface area contributed by atoms with Crippen LogP contribution in [0.5, 0.6) is 0 Å². The molecule has 0 radical (unpaired) electrons. The van der Waals surface area contributed by atoms with E-state index in [1.807, 2.05) is 0 Å². The number of carboxylic acid groups (broad SMARTS) is 1. The first-order chi connectivity index (χ1) is 9.76. The van der Waals surface area contributed by atoms with Gasteiger partial charge in [0, 0.05) is 11.8 Å². The average molecular weight is 290 g/mol. The first-order valence-electron chi connectivity index (χ1n) is 6.39. The first kappa shape index (κ1) is 16.5. The Morgan fingerprint density at radius 2 is 2.10 bits per heavy atom. The fourth-order valence-corrected chi connectivity index (χ4v) is 1.33. The number of hydrogen-bond acceptors (Lipinski definition) is 4. The number of alkyl carbamates (subject to hydrolysis) is 1. The largest absolute Gasteiger partial charge is 0.481 e. The lowest BCUT2D eigenvalue weighted by atomic mass is 10.2. The van der Waals surface area contributed by atoms with E-state index in [1.54, 1.807) is 32.9 Å². The maximum absolute atomic E-state index is 11.3. The van der Waals surface area contributed by atoms with E-state index in [0.29, 0.717) is 11.3 Å². The molecular weight excluding hydrogens is 272 g/mol. The second-order valence-corrected chi connectivity index (χ2v) is 5.27. The Labute approximate surface area is 123 Å². The molecule has 1 aromatic rings. The van der Waals surface area contributed by atoms with Gasteiger partial charge in [-0.2, -0.15) is 0 Å². The van der Waals surface area contributed by atoms with E-state index >= 15 is 0 Å². The third kappa shape index (κ3) is 7.57. The molecule has 0 aliphatic carbocycles. The predicted molar refractivity (Wildman–Crippen MR) is 76.7 cm³/mol. The van der Waals surface area contributed by atoms with Crippen molar-refractivity contribution in [2.75, 3.05) is 6.54 Å². The topological polar surface area (TPSA) is 88.5 Å². The van der Waals surface area contributed by atoms with Gasteiger partial charge in [0.15, 0.2) is 0 Å². The van der Waals surface area contributed by atoms with Gasteiger partial charge in [-0.1, -0.05) is 11.8 Å². The second-order valence-electron chi connectivity index (χ2n) is 5.27. The van der Waals surface area contributed by atoms with Crippen LogP contribution in [0.3, 0.4) is 0 Å². The molecule has 0 atom stereocenters. The van der Waals surface area contributed by atoms with Gasteiger partial charge in [-0.15, -0.1) is 0 Å². The van der Waals surface area contributed by atoms with E-state index in [9.17, 15) is 9.59 Å². The van der Waals surface area contributed by atoms with E-state index < -0.39 is 17.7 Å². The summed E-state index contributed by atoms with van der Waals surface area (Å²) in [5.74, 6) is 4.65. The van der Waals surface area contributed by atoms with Crippen molar-refractivity contribution in [1.29, 1.82) is 0 Å². The minimum Gasteiger partial charge on any atom is -0.481 e. The van der Waals surface area contributed by atoms with Gasteiger partial charge < -0.3 is 15.2 Å². The first-order valence-corrected chi connectivity index (χ1v) is 6.39. The number of amides is 1. The Morgan fingerprint density at radius 3 is 2.62 bits per heavy atom. The summed E-state index contributed by atoms with van der Waals surface area (Å²) in [6.45, 7) is 5.50. The quantitative estimate of drug-likeness (QED) is 0.825. The fraction of sp³-hybridized carbons (Fsp3) is 0.400. The summed E-state index contributed by atoms with van der Waals surface area (Å²) in [5.41, 5.74) is 0.580. The monoisotopic (exact) mass is 290 g/mol. The molecule has 112 valence electrons. The van der Waals surface area contributed by atoms with E-state index in [2.05, 4.69) is 22.1 Å². The van der Waals surface area contributed by atoms with Crippen LogP contribution >= 0.6 is 0 Å². The molecule has 1 aromatic heterocycles. The molecule has 1 rings (SSSR count). The SMILES string of the molecule is CC(C)(C)OC(=O)NCC#Cc1ccc(CC(=O)O)nc1. The molecule has 0 saturated heterocycles. The smallest absolute Gasteiger partial charge is 0.408 e. The third-order valence-corrected chi connectivity index (χ3v) is 2.11. The highest BCUT2D eigenvalue weighted by Gasteiger charge is 2.14. The summed E-state index contributed by atoms with van der Waals surface area (Å²) in [6.07, 6.45) is 0.860. The molecule has 0 fully saturated rings. The van der Waals surface area contributed by atoms with E-state index in [-0.39, 0.29) is 13.0 Å². The van der Waals surface area contributed by atoms with E-state index in [0.717, 1.165) is 0 Å². The molecule has 6 nitrogen and oxygen atoms in total. The summed E-state index contributed by atoms with van der Waals surface area (Å²) in [6, 6.07) is 3.30. The van der Waals surface area contributed by atoms with Crippen LogP contribution in [0.4, 0.5) is 4.79 Å². The van der Waals surface area contributed by atoms with Gasteiger partial charge in [0.1, 0.15) is 5.60 Å². The highest BCUT2D eigenvalue weighted by atomic mass is 16.6. The molecule has 0 saturated carbocycles. The normalized spacial score (nSPS) is 10.2. The lowest BCUT2D eigenvalue weighted by molar-refractivity contribution is -0.136. The highest BCUT2D eigenvalue weighted by Crippen LogP contribution is 2.06. The van der Waals surface area contributed by atoms with Crippen molar-refractivity contribution in [2.24, 2.45) is 0 Å². The Morgan fingerprint density at radius 1 is 1.38 bits per heavy atom. The Bertz CT molecular complexity index is 562. The van der Waals surface area contributed by atoms with Crippen molar-refractivity contribution < 1.29 is 19.4 Å². The molecule has 0 unspecified atom stereocenters. The number of rotatable bonds is 3. The Hall–Kier alpha value is -2.55. The predicted octanol–water partition coefficient (Wildman–Crippen LogP) is 1.58. The van der Waals surface area contributed by atoms with Gasteiger partial charge in [-0.05, 0) is 32.9 Å². The van der Waals surface area contributed by atoms with Crippen LogP contribution in [0, 0.1) is 11.8 Å². The van der Waals surface area contributed by atoms with Crippen LogP contribution in [0.15, 0.2) is 18.3 Å². The van der Waals surface area contributed by atoms with Crippen molar-refractivity contribution in [1.82, 2.24) is 10.3 Å². The summed E-state index contributed by atoms with van der Waals surface area (Å²) >= 11 is 0. The van der Waals surface area contributed by atoms with Crippen molar-refractivity contribution in [3.63, 3.8) is 0 Å². The zero-order valence-corrected chi connectivity index (χ0v) is 12.3. The molecule has 0 bridgehead atoms. The lowest BCUT2D eigenvalue weighted by Gasteiger charge is -2.18. The molecule has 0 spiro atoms. The minimum atomic E-state index is -0.928. The maximum atomic E-state index is 11.3. The molecule has 1 heterocycles. The molecule has 0 aliphatic rings. The number of nitrogens with one attached hydrogen (secondary N) is 1. The van der Waals surface area contributed by atoms with Crippen molar-refractivity contribution in [3.05, 3.63) is 29.6 Å². The van der Waals surface area contributed by atoms with Gasteiger partial charge in [-0.25, -0.2) is 4.79 Å². The zero-order valence-electron chi connectivity index (χ0n) is 12.3. The molecule has 1 amide bonds. The Balaban J connectivity index is 2.45. The minimum absolute atomic E-state index is 0.117. The third-order valence-electron chi connectivity index (χ3n) is 2.11. The Kier molecular flexibility index (Phi) is 5.73. The molecule has 2 N–H and O–H groups in total. The number of ether oxygens (including phenoxy) is 1. The van der Waals surface area contributed by atoms with E-state index in [1.165, 1.54) is 6.20 Å². The standard InChI is InChI=1S/C15H18N2O4/c1-15(2,3)21-14(20)16-8-4-5-11-6-7-12(17-10-11)9-13(18)19/h6-7,10H,8-9H2,1-3H3,(H,16,20)(H,18,19). The van der Waals surface area contributed by atoms with Gasteiger partial charge in [0.2, 0.25) is 0 Å². The van der Waals surface area contributed by atoms with Crippen LogP contribution in [0.1, 0.15) is 32.0 Å². The number of pyridine rings is 1. The summed E-state index contributed by atoms with van der Waals surface area (Å²) in [7, 11) is 0. The highest BCUT2D eigenvalue weighted by molar-refractivity contribution is 5.69. The van der Waals surface area contributed by atoms with Crippen molar-refractivity contribution >= 4 is 12.1 Å². The zero-order chi connectivity index (χ0) is 15.9. The van der Waals surface area contributed by atoms with Gasteiger partial charge in [0.05, 0.1) is 18.7 Å². The van der Waals surface area contributed by atoms with E-state index in [4.69, 9.17) is 9.84 Å². The number of carbonyl (C=O) groups excluding carboxylic acids is 1. The van der Waals surface area contributed by atoms with Gasteiger partial charge in [0.25, 0.3) is 0 Å². The van der Waals surface area contributed by atoms with Gasteiger partial charge in [-0.3, -0.25) is 9.78 Å². The summed E-state index contributed by atoms with van der Waals surface area (Å²) < 4.78 is 5.06. The summed E-state index contributed by atoms with van der Waals surface area (Å²) in [4.78, 5) is 25.8. The van der Waals surface area contributed by atoms with Crippen LogP contribution in [0.2, 0.25) is 0 Å². The molecule has 0 aromatic carbocycles. The number of carbonyl (C=O) groups is 2. The number of carboxylic acids is 1. The molecule has 0 aliphatic heterocycles. The number of nitrogens with zero attached hydrogens (tertiary/aromatic N) is 1. The van der Waals surface area contributed by atoms with Crippen LogP contribution in [-0.4, -0.2) is 34.3 Å². The number of hydrogen-bond donors (Lipinski definition) is 2. The second kappa shape index (κ2) is 7.29. The maximum Gasteiger partial charge on any atom is 0.408 e. The van der Waals surface area contributed by atoms with Crippen LogP contribution < -0.4 is 5.32 Å². The summed E-state index contributed by atoms with van der Waals surface area (Å²) in [5, 5.41) is 11.1. The van der Waals surface area contributed by atoms with Crippen molar-refractivity contribution in [2.45, 2.75) is 32.8 Å². The average Bonchev–Trinajstić information content (AvgIpc) is 2.34. The number of aliphatic carboxylic acids is 1. The molecule has 21 heavy (non-hydrogen) atoms. The lowest BCUT2D eigenvalue weighted by Crippen LogP contribution is -2.32. The van der Waals surface area contributed by atoms with Gasteiger partial charge >= 0.3 is 12.1 Å². The molecular formula is C15H18N2O4. The number of aromatic nitrogens is 1. The van der Waals surface area contributed by atoms with Crippen LogP contribution in [-0.2, 0) is 16.0 Å². The fourth-order valence-electron chi connectivity index (χ4n) is 1.33. The molecule has 6 heteroatoms. The van der Waals surface area contributed by atoms with Crippen molar-refractivity contribution in [3.8, 4) is 11.8 Å².